The molecule has 0 unspecified atom stereocenters. The molecular weight excluding hydrogens is 210 g/mol. The molecule has 0 aromatic carbocycles. The molecule has 0 radical (unpaired) electrons. The van der Waals surface area contributed by atoms with Crippen LogP contribution < -0.4 is 0 Å². The van der Waals surface area contributed by atoms with Gasteiger partial charge in [0.2, 0.25) is 5.91 Å². The largest absolute Gasteiger partial charge is 0.505 e. The second-order valence-electron chi connectivity index (χ2n) is 3.70. The van der Waals surface area contributed by atoms with Gasteiger partial charge in [-0.2, -0.15) is 5.10 Å². The quantitative estimate of drug-likeness (QED) is 0.776. The molecule has 1 aliphatic heterocycles. The third-order valence-electron chi connectivity index (χ3n) is 2.54. The minimum atomic E-state index is 0.110. The smallest absolute Gasteiger partial charge is 0.224 e. The van der Waals surface area contributed by atoms with Crippen molar-refractivity contribution in [3.63, 3.8) is 0 Å². The Kier molecular flexibility index (Phi) is 3.40. The van der Waals surface area contributed by atoms with Crippen molar-refractivity contribution in [2.75, 3.05) is 26.3 Å². The summed E-state index contributed by atoms with van der Waals surface area (Å²) in [6, 6.07) is 0. The third kappa shape index (κ3) is 2.73. The Morgan fingerprint density at radius 2 is 2.25 bits per heavy atom. The first kappa shape index (κ1) is 10.9. The number of hydrogen-bond acceptors (Lipinski definition) is 4. The molecule has 0 spiro atoms. The lowest BCUT2D eigenvalue weighted by molar-refractivity contribution is -0.135. The monoisotopic (exact) mass is 225 g/mol. The van der Waals surface area contributed by atoms with E-state index in [1.165, 1.54) is 12.4 Å². The second kappa shape index (κ2) is 4.98. The molecule has 2 rings (SSSR count). The number of aromatic nitrogens is 2. The van der Waals surface area contributed by atoms with Gasteiger partial charge in [-0.1, -0.05) is 0 Å². The lowest BCUT2D eigenvalue weighted by Crippen LogP contribution is -2.40. The Labute approximate surface area is 93.4 Å². The summed E-state index contributed by atoms with van der Waals surface area (Å²) in [5.41, 5.74) is 0. The van der Waals surface area contributed by atoms with Crippen LogP contribution in [-0.2, 0) is 16.1 Å². The van der Waals surface area contributed by atoms with Crippen LogP contribution in [0.5, 0.6) is 5.75 Å². The van der Waals surface area contributed by atoms with E-state index in [0.29, 0.717) is 39.3 Å². The maximum Gasteiger partial charge on any atom is 0.224 e. The SMILES string of the molecule is O=C(CCn1cc(O)cn1)N1CCOCC1. The Hall–Kier alpha value is -1.56. The molecule has 1 aromatic rings. The maximum atomic E-state index is 11.7. The first-order chi connectivity index (χ1) is 7.75. The van der Waals surface area contributed by atoms with Crippen LogP contribution in [0, 0.1) is 0 Å². The van der Waals surface area contributed by atoms with E-state index in [4.69, 9.17) is 9.84 Å². The fraction of sp³-hybridized carbons (Fsp3) is 0.600. The lowest BCUT2D eigenvalue weighted by atomic mass is 10.3. The number of rotatable bonds is 3. The molecule has 6 heteroatoms. The number of carbonyl (C=O) groups excluding carboxylic acids is 1. The van der Waals surface area contributed by atoms with Crippen molar-refractivity contribution >= 4 is 5.91 Å². The van der Waals surface area contributed by atoms with E-state index in [2.05, 4.69) is 5.10 Å². The summed E-state index contributed by atoms with van der Waals surface area (Å²) in [6.07, 6.45) is 3.27. The van der Waals surface area contributed by atoms with Crippen LogP contribution in [0.2, 0.25) is 0 Å². The first-order valence-electron chi connectivity index (χ1n) is 5.32. The highest BCUT2D eigenvalue weighted by molar-refractivity contribution is 5.76. The van der Waals surface area contributed by atoms with Gasteiger partial charge in [-0.3, -0.25) is 9.48 Å². The predicted molar refractivity (Wildman–Crippen MR) is 55.9 cm³/mol. The molecule has 6 nitrogen and oxygen atoms in total. The Balaban J connectivity index is 1.78. The molecular formula is C10H15N3O3. The van der Waals surface area contributed by atoms with Crippen molar-refractivity contribution in [2.24, 2.45) is 0 Å². The zero-order valence-corrected chi connectivity index (χ0v) is 9.00. The number of hydrogen-bond donors (Lipinski definition) is 1. The van der Waals surface area contributed by atoms with E-state index in [0.717, 1.165) is 0 Å². The van der Waals surface area contributed by atoms with E-state index in [9.17, 15) is 4.79 Å². The van der Waals surface area contributed by atoms with Crippen molar-refractivity contribution in [1.82, 2.24) is 14.7 Å². The number of ether oxygens (including phenoxy) is 1. The topological polar surface area (TPSA) is 67.6 Å². The molecule has 88 valence electrons. The summed E-state index contributed by atoms with van der Waals surface area (Å²) in [5, 5.41) is 13.0. The van der Waals surface area contributed by atoms with Crippen LogP contribution in [0.3, 0.4) is 0 Å². The van der Waals surface area contributed by atoms with Crippen molar-refractivity contribution in [2.45, 2.75) is 13.0 Å². The van der Waals surface area contributed by atoms with Gasteiger partial charge < -0.3 is 14.7 Å². The van der Waals surface area contributed by atoms with Gasteiger partial charge in [0, 0.05) is 26.1 Å². The van der Waals surface area contributed by atoms with Crippen LogP contribution in [0.1, 0.15) is 6.42 Å². The summed E-state index contributed by atoms with van der Waals surface area (Å²) in [4.78, 5) is 13.5. The Bertz CT molecular complexity index is 358. The maximum absolute atomic E-state index is 11.7. The summed E-state index contributed by atoms with van der Waals surface area (Å²) in [5.74, 6) is 0.233. The van der Waals surface area contributed by atoms with Gasteiger partial charge in [0.25, 0.3) is 0 Å². The zero-order chi connectivity index (χ0) is 11.4. The molecule has 0 bridgehead atoms. The van der Waals surface area contributed by atoms with Crippen molar-refractivity contribution < 1.29 is 14.6 Å². The standard InChI is InChI=1S/C10H15N3O3/c14-9-7-11-13(8-9)2-1-10(15)12-3-5-16-6-4-12/h7-8,14H,1-6H2. The second-order valence-corrected chi connectivity index (χ2v) is 3.70. The average Bonchev–Trinajstić information content (AvgIpc) is 2.73. The minimum absolute atomic E-state index is 0.110. The first-order valence-corrected chi connectivity index (χ1v) is 5.32. The highest BCUT2D eigenvalue weighted by atomic mass is 16.5. The third-order valence-corrected chi connectivity index (χ3v) is 2.54. The van der Waals surface area contributed by atoms with Crippen LogP contribution in [0.15, 0.2) is 12.4 Å². The molecule has 1 N–H and O–H groups in total. The molecule has 2 heterocycles. The molecule has 1 fully saturated rings. The van der Waals surface area contributed by atoms with Crippen molar-refractivity contribution in [3.8, 4) is 5.75 Å². The van der Waals surface area contributed by atoms with Gasteiger partial charge >= 0.3 is 0 Å². The number of carbonyl (C=O) groups is 1. The van der Waals surface area contributed by atoms with E-state index in [1.54, 1.807) is 9.58 Å². The van der Waals surface area contributed by atoms with Gasteiger partial charge in [-0.25, -0.2) is 0 Å². The Morgan fingerprint density at radius 3 is 2.88 bits per heavy atom. The number of aromatic hydroxyl groups is 1. The van der Waals surface area contributed by atoms with E-state index >= 15 is 0 Å². The van der Waals surface area contributed by atoms with Crippen molar-refractivity contribution in [1.29, 1.82) is 0 Å². The molecule has 0 aliphatic carbocycles. The normalized spacial score (nSPS) is 16.4. The highest BCUT2D eigenvalue weighted by Gasteiger charge is 2.16. The fourth-order valence-electron chi connectivity index (χ4n) is 1.66. The van der Waals surface area contributed by atoms with Crippen LogP contribution in [0.25, 0.3) is 0 Å². The van der Waals surface area contributed by atoms with Gasteiger partial charge in [-0.05, 0) is 0 Å². The van der Waals surface area contributed by atoms with Crippen LogP contribution in [-0.4, -0.2) is 52.0 Å². The molecule has 0 saturated carbocycles. The van der Waals surface area contributed by atoms with Crippen molar-refractivity contribution in [3.05, 3.63) is 12.4 Å². The lowest BCUT2D eigenvalue weighted by Gasteiger charge is -2.26. The van der Waals surface area contributed by atoms with Gasteiger partial charge in [-0.15, -0.1) is 0 Å². The summed E-state index contributed by atoms with van der Waals surface area (Å²) >= 11 is 0. The summed E-state index contributed by atoms with van der Waals surface area (Å²) < 4.78 is 6.73. The van der Waals surface area contributed by atoms with Crippen LogP contribution >= 0.6 is 0 Å². The molecule has 16 heavy (non-hydrogen) atoms. The predicted octanol–water partition coefficient (Wildman–Crippen LogP) is -0.162. The molecule has 1 saturated heterocycles. The van der Waals surface area contributed by atoms with E-state index in [1.807, 2.05) is 0 Å². The van der Waals surface area contributed by atoms with E-state index < -0.39 is 0 Å². The molecule has 1 amide bonds. The van der Waals surface area contributed by atoms with Gasteiger partial charge in [0.05, 0.1) is 25.6 Å². The molecule has 1 aromatic heterocycles. The molecule has 1 aliphatic rings. The van der Waals surface area contributed by atoms with Crippen LogP contribution in [0.4, 0.5) is 0 Å². The minimum Gasteiger partial charge on any atom is -0.505 e. The van der Waals surface area contributed by atoms with E-state index in [-0.39, 0.29) is 11.7 Å². The molecule has 0 atom stereocenters. The number of morpholine rings is 1. The number of aryl methyl sites for hydroxylation is 1. The van der Waals surface area contributed by atoms with Gasteiger partial charge in [0.15, 0.2) is 5.75 Å². The summed E-state index contributed by atoms with van der Waals surface area (Å²) in [7, 11) is 0. The fourth-order valence-corrected chi connectivity index (χ4v) is 1.66. The van der Waals surface area contributed by atoms with Gasteiger partial charge in [0.1, 0.15) is 0 Å². The number of nitrogens with zero attached hydrogens (tertiary/aromatic N) is 3. The average molecular weight is 225 g/mol. The Morgan fingerprint density at radius 1 is 1.50 bits per heavy atom. The number of amides is 1. The summed E-state index contributed by atoms with van der Waals surface area (Å²) in [6.45, 7) is 3.08. The highest BCUT2D eigenvalue weighted by Crippen LogP contribution is 2.06. The zero-order valence-electron chi connectivity index (χ0n) is 9.00.